The summed E-state index contributed by atoms with van der Waals surface area (Å²) in [6.07, 6.45) is 2.92. The van der Waals surface area contributed by atoms with Crippen LogP contribution in [0.1, 0.15) is 26.2 Å². The van der Waals surface area contributed by atoms with Gasteiger partial charge < -0.3 is 16.2 Å². The molecule has 0 aromatic heterocycles. The first-order chi connectivity index (χ1) is 6.13. The van der Waals surface area contributed by atoms with E-state index < -0.39 is 6.04 Å². The van der Waals surface area contributed by atoms with Crippen LogP contribution in [0.25, 0.3) is 0 Å². The van der Waals surface area contributed by atoms with Crippen molar-refractivity contribution in [3.05, 3.63) is 0 Å². The van der Waals surface area contributed by atoms with E-state index in [4.69, 9.17) is 11.5 Å². The van der Waals surface area contributed by atoms with Gasteiger partial charge in [-0.25, -0.2) is 0 Å². The number of rotatable bonds is 6. The van der Waals surface area contributed by atoms with Gasteiger partial charge in [0.2, 0.25) is 0 Å². The molecule has 0 aromatic rings. The third-order valence-electron chi connectivity index (χ3n) is 2.20. The number of esters is 1. The van der Waals surface area contributed by atoms with Gasteiger partial charge in [-0.3, -0.25) is 4.79 Å². The van der Waals surface area contributed by atoms with Crippen molar-refractivity contribution in [1.82, 2.24) is 0 Å². The molecule has 4 heteroatoms. The van der Waals surface area contributed by atoms with E-state index in [2.05, 4.69) is 4.74 Å². The van der Waals surface area contributed by atoms with Crippen LogP contribution in [0.3, 0.4) is 0 Å². The number of hydrogen-bond acceptors (Lipinski definition) is 4. The third kappa shape index (κ3) is 4.85. The fraction of sp³-hybridized carbons (Fsp3) is 0.889. The average Bonchev–Trinajstić information content (AvgIpc) is 2.15. The largest absolute Gasteiger partial charge is 0.468 e. The minimum Gasteiger partial charge on any atom is -0.468 e. The van der Waals surface area contributed by atoms with E-state index in [0.717, 1.165) is 19.3 Å². The van der Waals surface area contributed by atoms with Gasteiger partial charge in [0.1, 0.15) is 6.04 Å². The normalized spacial score (nSPS) is 15.1. The summed E-state index contributed by atoms with van der Waals surface area (Å²) in [4.78, 5) is 11.0. The van der Waals surface area contributed by atoms with Crippen molar-refractivity contribution in [3.63, 3.8) is 0 Å². The second-order valence-electron chi connectivity index (χ2n) is 3.31. The smallest absolute Gasteiger partial charge is 0.322 e. The Kier molecular flexibility index (Phi) is 6.54. The lowest BCUT2D eigenvalue weighted by Crippen LogP contribution is -2.37. The number of unbranched alkanes of at least 4 members (excludes halogenated alkanes) is 1. The highest BCUT2D eigenvalue weighted by Gasteiger charge is 2.20. The molecule has 0 aliphatic rings. The highest BCUT2D eigenvalue weighted by molar-refractivity contribution is 5.75. The molecule has 4 N–H and O–H groups in total. The highest BCUT2D eigenvalue weighted by atomic mass is 16.5. The second-order valence-corrected chi connectivity index (χ2v) is 3.31. The number of carbonyl (C=O) groups excluding carboxylic acids is 1. The first kappa shape index (κ1) is 12.4. The number of nitrogens with two attached hydrogens (primary N) is 2. The van der Waals surface area contributed by atoms with Crippen molar-refractivity contribution < 1.29 is 9.53 Å². The van der Waals surface area contributed by atoms with Crippen molar-refractivity contribution in [2.45, 2.75) is 32.2 Å². The predicted octanol–water partition coefficient (Wildman–Crippen LogP) is 0.252. The Hall–Kier alpha value is -0.610. The Labute approximate surface area is 79.6 Å². The molecule has 2 unspecified atom stereocenters. The number of ether oxygens (including phenoxy) is 1. The van der Waals surface area contributed by atoms with Crippen LogP contribution in [0.2, 0.25) is 0 Å². The van der Waals surface area contributed by atoms with Gasteiger partial charge in [0.05, 0.1) is 7.11 Å². The van der Waals surface area contributed by atoms with Gasteiger partial charge >= 0.3 is 5.97 Å². The maximum Gasteiger partial charge on any atom is 0.322 e. The van der Waals surface area contributed by atoms with Gasteiger partial charge in [0, 0.05) is 0 Å². The number of methoxy groups -OCH3 is 1. The zero-order chi connectivity index (χ0) is 10.3. The molecule has 0 spiro atoms. The zero-order valence-corrected chi connectivity index (χ0v) is 8.45. The molecule has 0 rings (SSSR count). The first-order valence-corrected chi connectivity index (χ1v) is 4.67. The minimum atomic E-state index is -0.497. The molecule has 0 saturated heterocycles. The monoisotopic (exact) mass is 188 g/mol. The predicted molar refractivity (Wildman–Crippen MR) is 52.1 cm³/mol. The molecular formula is C9H20N2O2. The van der Waals surface area contributed by atoms with Gasteiger partial charge in [-0.1, -0.05) is 13.3 Å². The maximum absolute atomic E-state index is 11.0. The number of carbonyl (C=O) groups is 1. The quantitative estimate of drug-likeness (QED) is 0.462. The molecule has 0 aromatic carbocycles. The Morgan fingerprint density at radius 2 is 2.08 bits per heavy atom. The summed E-state index contributed by atoms with van der Waals surface area (Å²) in [5.41, 5.74) is 11.0. The second kappa shape index (κ2) is 6.86. The van der Waals surface area contributed by atoms with E-state index in [-0.39, 0.29) is 11.9 Å². The van der Waals surface area contributed by atoms with E-state index in [0.29, 0.717) is 6.54 Å². The molecule has 4 nitrogen and oxygen atoms in total. The van der Waals surface area contributed by atoms with Crippen molar-refractivity contribution >= 4 is 5.97 Å². The molecule has 0 aliphatic carbocycles. The fourth-order valence-corrected chi connectivity index (χ4v) is 1.16. The molecule has 0 saturated carbocycles. The molecular weight excluding hydrogens is 168 g/mol. The van der Waals surface area contributed by atoms with E-state index in [1.54, 1.807) is 0 Å². The molecule has 78 valence electrons. The van der Waals surface area contributed by atoms with Gasteiger partial charge in [-0.15, -0.1) is 0 Å². The topological polar surface area (TPSA) is 78.3 Å². The van der Waals surface area contributed by atoms with Crippen molar-refractivity contribution in [2.24, 2.45) is 17.4 Å². The van der Waals surface area contributed by atoms with Gasteiger partial charge in [-0.05, 0) is 25.3 Å². The minimum absolute atomic E-state index is 0.166. The van der Waals surface area contributed by atoms with Crippen LogP contribution < -0.4 is 11.5 Å². The summed E-state index contributed by atoms with van der Waals surface area (Å²) in [5, 5.41) is 0. The van der Waals surface area contributed by atoms with Crippen LogP contribution in [0.4, 0.5) is 0 Å². The van der Waals surface area contributed by atoms with E-state index in [9.17, 15) is 4.79 Å². The van der Waals surface area contributed by atoms with Crippen molar-refractivity contribution in [1.29, 1.82) is 0 Å². The van der Waals surface area contributed by atoms with Crippen LogP contribution in [0.5, 0.6) is 0 Å². The third-order valence-corrected chi connectivity index (χ3v) is 2.20. The average molecular weight is 188 g/mol. The standard InChI is InChI=1S/C9H20N2O2/c1-7(5-3-4-6-10)8(11)9(12)13-2/h7-8H,3-6,10-11H2,1-2H3. The molecule has 0 aliphatic heterocycles. The summed E-state index contributed by atoms with van der Waals surface area (Å²) >= 11 is 0. The molecule has 2 atom stereocenters. The number of hydrogen-bond donors (Lipinski definition) is 2. The summed E-state index contributed by atoms with van der Waals surface area (Å²) in [6.45, 7) is 2.65. The van der Waals surface area contributed by atoms with Crippen molar-refractivity contribution in [3.8, 4) is 0 Å². The van der Waals surface area contributed by atoms with Gasteiger partial charge in [0.15, 0.2) is 0 Å². The van der Waals surface area contributed by atoms with E-state index in [1.165, 1.54) is 7.11 Å². The highest BCUT2D eigenvalue weighted by Crippen LogP contribution is 2.11. The van der Waals surface area contributed by atoms with Crippen LogP contribution in [0, 0.1) is 5.92 Å². The van der Waals surface area contributed by atoms with E-state index in [1.807, 2.05) is 6.92 Å². The fourth-order valence-electron chi connectivity index (χ4n) is 1.16. The zero-order valence-electron chi connectivity index (χ0n) is 8.45. The summed E-state index contributed by atoms with van der Waals surface area (Å²) in [7, 11) is 1.36. The van der Waals surface area contributed by atoms with E-state index >= 15 is 0 Å². The first-order valence-electron chi connectivity index (χ1n) is 4.67. The molecule has 0 heterocycles. The van der Waals surface area contributed by atoms with Gasteiger partial charge in [0.25, 0.3) is 0 Å². The summed E-state index contributed by atoms with van der Waals surface area (Å²) < 4.78 is 4.55. The SMILES string of the molecule is COC(=O)C(N)C(C)CCCCN. The van der Waals surface area contributed by atoms with Crippen LogP contribution in [-0.2, 0) is 9.53 Å². The van der Waals surface area contributed by atoms with Crippen LogP contribution >= 0.6 is 0 Å². The lowest BCUT2D eigenvalue weighted by molar-refractivity contribution is -0.143. The lowest BCUT2D eigenvalue weighted by atomic mass is 9.96. The molecule has 13 heavy (non-hydrogen) atoms. The maximum atomic E-state index is 11.0. The van der Waals surface area contributed by atoms with Crippen molar-refractivity contribution in [2.75, 3.05) is 13.7 Å². The van der Waals surface area contributed by atoms with Gasteiger partial charge in [-0.2, -0.15) is 0 Å². The summed E-state index contributed by atoms with van der Waals surface area (Å²) in [6, 6.07) is -0.497. The molecule has 0 radical (unpaired) electrons. The Bertz CT molecular complexity index is 151. The van der Waals surface area contributed by atoms with Crippen LogP contribution in [0.15, 0.2) is 0 Å². The Balaban J connectivity index is 3.68. The summed E-state index contributed by atoms with van der Waals surface area (Å²) in [5.74, 6) is -0.167. The lowest BCUT2D eigenvalue weighted by Gasteiger charge is -2.16. The molecule has 0 bridgehead atoms. The molecule has 0 fully saturated rings. The van der Waals surface area contributed by atoms with Crippen LogP contribution in [-0.4, -0.2) is 25.7 Å². The Morgan fingerprint density at radius 3 is 2.54 bits per heavy atom. The molecule has 0 amide bonds. The Morgan fingerprint density at radius 1 is 1.46 bits per heavy atom.